The van der Waals surface area contributed by atoms with E-state index in [4.69, 9.17) is 10.5 Å². The summed E-state index contributed by atoms with van der Waals surface area (Å²) >= 11 is 0. The fourth-order valence-electron chi connectivity index (χ4n) is 2.02. The molecule has 18 heavy (non-hydrogen) atoms. The van der Waals surface area contributed by atoms with Crippen LogP contribution in [-0.2, 0) is 11.3 Å². The lowest BCUT2D eigenvalue weighted by molar-refractivity contribution is 0.118. The molecule has 2 N–H and O–H groups in total. The Bertz CT molecular complexity index is 559. The minimum atomic E-state index is 0.512. The molecule has 96 valence electrons. The highest BCUT2D eigenvalue weighted by molar-refractivity contribution is 5.74. The summed E-state index contributed by atoms with van der Waals surface area (Å²) in [4.78, 5) is 8.79. The van der Waals surface area contributed by atoms with Crippen LogP contribution < -0.4 is 5.73 Å². The zero-order valence-corrected chi connectivity index (χ0v) is 10.6. The van der Waals surface area contributed by atoms with Gasteiger partial charge in [-0.3, -0.25) is 4.57 Å². The monoisotopic (exact) mass is 246 g/mol. The molecule has 1 aliphatic rings. The molecule has 0 bridgehead atoms. The Hall–Kier alpha value is -1.62. The van der Waals surface area contributed by atoms with E-state index < -0.39 is 0 Å². The van der Waals surface area contributed by atoms with Crippen LogP contribution in [0.3, 0.4) is 0 Å². The summed E-state index contributed by atoms with van der Waals surface area (Å²) in [6.07, 6.45) is 2.63. The standard InChI is InChI=1S/C13H18N4O/c1-9-2-5-11-12(15-9)17(13(14)16-11)6-7-18-8-10-3-4-10/h2,5,10H,3-4,6-8H2,1H3,(H2,14,16). The van der Waals surface area contributed by atoms with Gasteiger partial charge in [0.1, 0.15) is 5.52 Å². The maximum Gasteiger partial charge on any atom is 0.202 e. The molecule has 0 atom stereocenters. The van der Waals surface area contributed by atoms with Crippen molar-refractivity contribution in [1.29, 1.82) is 0 Å². The lowest BCUT2D eigenvalue weighted by Crippen LogP contribution is -2.10. The second-order valence-electron chi connectivity index (χ2n) is 4.94. The average Bonchev–Trinajstić information content (AvgIpc) is 3.11. The van der Waals surface area contributed by atoms with Gasteiger partial charge in [-0.15, -0.1) is 0 Å². The van der Waals surface area contributed by atoms with Crippen molar-refractivity contribution in [3.63, 3.8) is 0 Å². The Morgan fingerprint density at radius 3 is 3.00 bits per heavy atom. The number of hydrogen-bond acceptors (Lipinski definition) is 4. The number of imidazole rings is 1. The predicted octanol–water partition coefficient (Wildman–Crippen LogP) is 1.75. The van der Waals surface area contributed by atoms with Crippen LogP contribution in [-0.4, -0.2) is 27.7 Å². The van der Waals surface area contributed by atoms with E-state index >= 15 is 0 Å². The fourth-order valence-corrected chi connectivity index (χ4v) is 2.02. The van der Waals surface area contributed by atoms with E-state index in [0.29, 0.717) is 19.1 Å². The van der Waals surface area contributed by atoms with Crippen LogP contribution in [0, 0.1) is 12.8 Å². The summed E-state index contributed by atoms with van der Waals surface area (Å²) in [7, 11) is 0. The second-order valence-corrected chi connectivity index (χ2v) is 4.94. The molecule has 2 aromatic rings. The first-order chi connectivity index (χ1) is 8.74. The summed E-state index contributed by atoms with van der Waals surface area (Å²) in [5.74, 6) is 1.31. The highest BCUT2D eigenvalue weighted by Gasteiger charge is 2.21. The molecular formula is C13H18N4O. The van der Waals surface area contributed by atoms with Gasteiger partial charge in [0.2, 0.25) is 5.95 Å². The van der Waals surface area contributed by atoms with Crippen LogP contribution in [0.25, 0.3) is 11.2 Å². The van der Waals surface area contributed by atoms with Crippen molar-refractivity contribution in [2.75, 3.05) is 18.9 Å². The zero-order chi connectivity index (χ0) is 12.5. The number of pyridine rings is 1. The first kappa shape index (κ1) is 11.5. The quantitative estimate of drug-likeness (QED) is 0.816. The highest BCUT2D eigenvalue weighted by Crippen LogP contribution is 2.28. The van der Waals surface area contributed by atoms with E-state index in [1.165, 1.54) is 12.8 Å². The Labute approximate surface area is 106 Å². The van der Waals surface area contributed by atoms with Gasteiger partial charge in [0.05, 0.1) is 13.2 Å². The topological polar surface area (TPSA) is 66.0 Å². The zero-order valence-electron chi connectivity index (χ0n) is 10.6. The van der Waals surface area contributed by atoms with Gasteiger partial charge in [-0.05, 0) is 37.8 Å². The summed E-state index contributed by atoms with van der Waals surface area (Å²) in [5.41, 5.74) is 8.59. The number of hydrogen-bond donors (Lipinski definition) is 1. The van der Waals surface area contributed by atoms with Crippen molar-refractivity contribution in [3.05, 3.63) is 17.8 Å². The second kappa shape index (κ2) is 4.57. The van der Waals surface area contributed by atoms with Gasteiger partial charge in [0.15, 0.2) is 5.65 Å². The summed E-state index contributed by atoms with van der Waals surface area (Å²) in [6.45, 7) is 4.23. The lowest BCUT2D eigenvalue weighted by atomic mass is 10.3. The molecule has 0 spiro atoms. The Balaban J connectivity index is 1.72. The van der Waals surface area contributed by atoms with Crippen LogP contribution >= 0.6 is 0 Å². The molecular weight excluding hydrogens is 228 g/mol. The number of aryl methyl sites for hydroxylation is 1. The van der Waals surface area contributed by atoms with Crippen molar-refractivity contribution in [3.8, 4) is 0 Å². The van der Waals surface area contributed by atoms with Crippen molar-refractivity contribution in [1.82, 2.24) is 14.5 Å². The van der Waals surface area contributed by atoms with Crippen molar-refractivity contribution >= 4 is 17.1 Å². The number of nitrogens with zero attached hydrogens (tertiary/aromatic N) is 3. The molecule has 0 aliphatic heterocycles. The molecule has 1 fully saturated rings. The fraction of sp³-hybridized carbons (Fsp3) is 0.538. The number of ether oxygens (including phenoxy) is 1. The largest absolute Gasteiger partial charge is 0.379 e. The van der Waals surface area contributed by atoms with Crippen molar-refractivity contribution in [2.24, 2.45) is 5.92 Å². The highest BCUT2D eigenvalue weighted by atomic mass is 16.5. The predicted molar refractivity (Wildman–Crippen MR) is 70.2 cm³/mol. The molecule has 0 aromatic carbocycles. The third-order valence-corrected chi connectivity index (χ3v) is 3.27. The number of anilines is 1. The van der Waals surface area contributed by atoms with E-state index in [0.717, 1.165) is 29.4 Å². The minimum Gasteiger partial charge on any atom is -0.379 e. The molecule has 1 aliphatic carbocycles. The third kappa shape index (κ3) is 2.31. The van der Waals surface area contributed by atoms with Crippen LogP contribution in [0.5, 0.6) is 0 Å². The SMILES string of the molecule is Cc1ccc2nc(N)n(CCOCC3CC3)c2n1. The van der Waals surface area contributed by atoms with Crippen molar-refractivity contribution in [2.45, 2.75) is 26.3 Å². The van der Waals surface area contributed by atoms with Crippen LogP contribution in [0.15, 0.2) is 12.1 Å². The number of rotatable bonds is 5. The maximum absolute atomic E-state index is 5.91. The van der Waals surface area contributed by atoms with E-state index in [1.54, 1.807) is 0 Å². The molecule has 2 heterocycles. The molecule has 0 amide bonds. The van der Waals surface area contributed by atoms with Crippen LogP contribution in [0.1, 0.15) is 18.5 Å². The van der Waals surface area contributed by atoms with Gasteiger partial charge >= 0.3 is 0 Å². The molecule has 5 heteroatoms. The van der Waals surface area contributed by atoms with Gasteiger partial charge in [-0.1, -0.05) is 0 Å². The minimum absolute atomic E-state index is 0.512. The summed E-state index contributed by atoms with van der Waals surface area (Å²) in [6, 6.07) is 3.90. The third-order valence-electron chi connectivity index (χ3n) is 3.27. The van der Waals surface area contributed by atoms with E-state index in [-0.39, 0.29) is 0 Å². The molecule has 1 saturated carbocycles. The van der Waals surface area contributed by atoms with Gasteiger partial charge in [0.25, 0.3) is 0 Å². The molecule has 3 rings (SSSR count). The normalized spacial score (nSPS) is 15.4. The number of fused-ring (bicyclic) bond motifs is 1. The van der Waals surface area contributed by atoms with Crippen molar-refractivity contribution < 1.29 is 4.74 Å². The smallest absolute Gasteiger partial charge is 0.202 e. The molecule has 0 unspecified atom stereocenters. The van der Waals surface area contributed by atoms with E-state index in [1.807, 2.05) is 23.6 Å². The summed E-state index contributed by atoms with van der Waals surface area (Å²) < 4.78 is 7.56. The van der Waals surface area contributed by atoms with Crippen LogP contribution in [0.4, 0.5) is 5.95 Å². The molecule has 2 aromatic heterocycles. The van der Waals surface area contributed by atoms with Gasteiger partial charge in [-0.2, -0.15) is 0 Å². The molecule has 0 radical (unpaired) electrons. The van der Waals surface area contributed by atoms with Crippen LogP contribution in [0.2, 0.25) is 0 Å². The molecule has 5 nitrogen and oxygen atoms in total. The first-order valence-electron chi connectivity index (χ1n) is 6.41. The molecule has 0 saturated heterocycles. The summed E-state index contributed by atoms with van der Waals surface area (Å²) in [5, 5.41) is 0. The van der Waals surface area contributed by atoms with E-state index in [9.17, 15) is 0 Å². The number of nitrogen functional groups attached to an aromatic ring is 1. The lowest BCUT2D eigenvalue weighted by Gasteiger charge is -2.06. The van der Waals surface area contributed by atoms with Gasteiger partial charge in [-0.25, -0.2) is 9.97 Å². The van der Waals surface area contributed by atoms with E-state index in [2.05, 4.69) is 9.97 Å². The average molecular weight is 246 g/mol. The Kier molecular flexibility index (Phi) is 2.91. The van der Waals surface area contributed by atoms with Gasteiger partial charge < -0.3 is 10.5 Å². The number of nitrogens with two attached hydrogens (primary N) is 1. The first-order valence-corrected chi connectivity index (χ1v) is 6.41. The van der Waals surface area contributed by atoms with Gasteiger partial charge in [0, 0.05) is 12.3 Å². The maximum atomic E-state index is 5.91. The Morgan fingerprint density at radius 1 is 1.39 bits per heavy atom. The number of aromatic nitrogens is 3. The Morgan fingerprint density at radius 2 is 2.22 bits per heavy atom.